The molecule has 1 aliphatic rings. The Morgan fingerprint density at radius 1 is 0.893 bits per heavy atom. The quantitative estimate of drug-likeness (QED) is 0.581. The van der Waals surface area contributed by atoms with E-state index in [4.69, 9.17) is 14.2 Å². The first-order chi connectivity index (χ1) is 13.8. The van der Waals surface area contributed by atoms with Crippen molar-refractivity contribution in [1.29, 1.82) is 0 Å². The van der Waals surface area contributed by atoms with Crippen LogP contribution in [0.15, 0.2) is 72.8 Å². The van der Waals surface area contributed by atoms with Crippen molar-refractivity contribution in [3.05, 3.63) is 95.2 Å². The smallest absolute Gasteiger partial charge is 0.357 e. The van der Waals surface area contributed by atoms with Crippen LogP contribution in [0.4, 0.5) is 0 Å². The van der Waals surface area contributed by atoms with Gasteiger partial charge < -0.3 is 14.2 Å². The molecule has 0 saturated carbocycles. The largest absolute Gasteiger partial charge is 0.473 e. The number of hydrogen-bond acceptors (Lipinski definition) is 5. The van der Waals surface area contributed by atoms with Crippen LogP contribution >= 0.6 is 0 Å². The maximum atomic E-state index is 12.2. The summed E-state index contributed by atoms with van der Waals surface area (Å²) in [6, 6.07) is 22.9. The first kappa shape index (κ1) is 18.2. The van der Waals surface area contributed by atoms with E-state index < -0.39 is 5.97 Å². The van der Waals surface area contributed by atoms with Gasteiger partial charge in [0.15, 0.2) is 5.69 Å². The lowest BCUT2D eigenvalue weighted by molar-refractivity contribution is 0.00841. The number of hydrogen-bond donors (Lipinski definition) is 0. The van der Waals surface area contributed by atoms with Crippen molar-refractivity contribution in [3.8, 4) is 5.88 Å². The zero-order chi connectivity index (χ0) is 19.2. The van der Waals surface area contributed by atoms with Gasteiger partial charge in [0.1, 0.15) is 13.2 Å². The van der Waals surface area contributed by atoms with Crippen molar-refractivity contribution in [2.45, 2.75) is 19.1 Å². The minimum Gasteiger partial charge on any atom is -0.473 e. The molecule has 0 atom stereocenters. The van der Waals surface area contributed by atoms with Gasteiger partial charge in [-0.1, -0.05) is 60.7 Å². The molecule has 0 N–H and O–H groups in total. The van der Waals surface area contributed by atoms with E-state index >= 15 is 0 Å². The molecule has 0 spiro atoms. The van der Waals surface area contributed by atoms with Gasteiger partial charge in [-0.05, 0) is 22.8 Å². The van der Waals surface area contributed by atoms with Crippen molar-refractivity contribution in [2.24, 2.45) is 0 Å². The maximum absolute atomic E-state index is 12.2. The van der Waals surface area contributed by atoms with E-state index in [-0.39, 0.29) is 12.3 Å². The lowest BCUT2D eigenvalue weighted by Gasteiger charge is -2.26. The zero-order valence-corrected chi connectivity index (χ0v) is 15.4. The number of carbonyl (C=O) groups excluding carboxylic acids is 1. The van der Waals surface area contributed by atoms with Crippen LogP contribution in [0.5, 0.6) is 5.88 Å². The molecular weight excluding hydrogens is 354 g/mol. The van der Waals surface area contributed by atoms with Gasteiger partial charge in [0, 0.05) is 12.0 Å². The fourth-order valence-electron chi connectivity index (χ4n) is 2.88. The van der Waals surface area contributed by atoms with Crippen molar-refractivity contribution in [2.75, 3.05) is 13.2 Å². The summed E-state index contributed by atoms with van der Waals surface area (Å²) < 4.78 is 16.3. The summed E-state index contributed by atoms with van der Waals surface area (Å²) in [5.74, 6) is 0.433. The highest BCUT2D eigenvalue weighted by molar-refractivity contribution is 5.87. The van der Waals surface area contributed by atoms with Crippen LogP contribution in [-0.4, -0.2) is 24.2 Å². The predicted octanol–water partition coefficient (Wildman–Crippen LogP) is 4.13. The highest BCUT2D eigenvalue weighted by Crippen LogP contribution is 2.24. The predicted molar refractivity (Wildman–Crippen MR) is 104 cm³/mol. The Kier molecular flexibility index (Phi) is 5.64. The average molecular weight is 375 g/mol. The normalized spacial score (nSPS) is 13.6. The highest BCUT2D eigenvalue weighted by Gasteiger charge is 2.20. The standard InChI is InChI=1S/C23H21NO4/c25-23(28-14-17-5-2-1-3-6-17)21-7-4-8-22(24-21)27-13-18-9-11-19(12-10-18)20-15-26-16-20/h1-12,20H,13-16H2. The van der Waals surface area contributed by atoms with E-state index in [0.29, 0.717) is 18.4 Å². The second kappa shape index (κ2) is 8.67. The zero-order valence-electron chi connectivity index (χ0n) is 15.4. The average Bonchev–Trinajstić information content (AvgIpc) is 2.71. The molecule has 0 unspecified atom stereocenters. The molecule has 28 heavy (non-hydrogen) atoms. The Bertz CT molecular complexity index is 921. The second-order valence-electron chi connectivity index (χ2n) is 6.69. The summed E-state index contributed by atoms with van der Waals surface area (Å²) in [6.45, 7) is 2.20. The van der Waals surface area contributed by atoms with Crippen molar-refractivity contribution in [1.82, 2.24) is 4.98 Å². The molecule has 1 aliphatic heterocycles. The van der Waals surface area contributed by atoms with Gasteiger partial charge in [-0.15, -0.1) is 0 Å². The first-order valence-corrected chi connectivity index (χ1v) is 9.25. The van der Waals surface area contributed by atoms with Gasteiger partial charge in [-0.25, -0.2) is 9.78 Å². The third-order valence-electron chi connectivity index (χ3n) is 4.62. The summed E-state index contributed by atoms with van der Waals surface area (Å²) >= 11 is 0. The number of nitrogens with zero attached hydrogens (tertiary/aromatic N) is 1. The molecule has 3 aromatic rings. The van der Waals surface area contributed by atoms with Crippen LogP contribution in [0.1, 0.15) is 33.1 Å². The van der Waals surface area contributed by atoms with Crippen LogP contribution in [0.25, 0.3) is 0 Å². The lowest BCUT2D eigenvalue weighted by Crippen LogP contribution is -2.24. The molecule has 0 radical (unpaired) electrons. The molecule has 5 heteroatoms. The minimum atomic E-state index is -0.471. The van der Waals surface area contributed by atoms with E-state index in [1.54, 1.807) is 18.2 Å². The summed E-state index contributed by atoms with van der Waals surface area (Å²) in [5, 5.41) is 0. The molecule has 2 heterocycles. The van der Waals surface area contributed by atoms with Gasteiger partial charge in [0.2, 0.25) is 5.88 Å². The van der Waals surface area contributed by atoms with Crippen molar-refractivity contribution in [3.63, 3.8) is 0 Å². The number of rotatable bonds is 7. The highest BCUT2D eigenvalue weighted by atomic mass is 16.5. The number of ether oxygens (including phenoxy) is 3. The van der Waals surface area contributed by atoms with Gasteiger partial charge in [0.25, 0.3) is 0 Å². The Morgan fingerprint density at radius 3 is 2.36 bits per heavy atom. The third-order valence-corrected chi connectivity index (χ3v) is 4.62. The van der Waals surface area contributed by atoms with Gasteiger partial charge in [0.05, 0.1) is 13.2 Å². The van der Waals surface area contributed by atoms with E-state index in [9.17, 15) is 4.79 Å². The molecule has 0 bridgehead atoms. The van der Waals surface area contributed by atoms with E-state index in [1.807, 2.05) is 42.5 Å². The van der Waals surface area contributed by atoms with Gasteiger partial charge in [-0.3, -0.25) is 0 Å². The second-order valence-corrected chi connectivity index (χ2v) is 6.69. The molecule has 2 aromatic carbocycles. The van der Waals surface area contributed by atoms with Crippen LogP contribution < -0.4 is 4.74 Å². The lowest BCUT2D eigenvalue weighted by atomic mass is 9.97. The number of esters is 1. The molecular formula is C23H21NO4. The van der Waals surface area contributed by atoms with Crippen LogP contribution in [-0.2, 0) is 22.7 Å². The number of carbonyl (C=O) groups is 1. The molecule has 0 amide bonds. The molecule has 1 saturated heterocycles. The molecule has 5 nitrogen and oxygen atoms in total. The Labute approximate surface area is 163 Å². The topological polar surface area (TPSA) is 57.7 Å². The molecule has 142 valence electrons. The number of benzene rings is 2. The van der Waals surface area contributed by atoms with E-state index in [2.05, 4.69) is 17.1 Å². The fourth-order valence-corrected chi connectivity index (χ4v) is 2.88. The Balaban J connectivity index is 1.32. The van der Waals surface area contributed by atoms with Gasteiger partial charge in [-0.2, -0.15) is 0 Å². The van der Waals surface area contributed by atoms with Crippen LogP contribution in [0.3, 0.4) is 0 Å². The molecule has 0 aliphatic carbocycles. The van der Waals surface area contributed by atoms with E-state index in [1.165, 1.54) is 5.56 Å². The molecule has 1 aromatic heterocycles. The first-order valence-electron chi connectivity index (χ1n) is 9.25. The van der Waals surface area contributed by atoms with Crippen molar-refractivity contribution < 1.29 is 19.0 Å². The number of pyridine rings is 1. The number of aromatic nitrogens is 1. The van der Waals surface area contributed by atoms with Crippen LogP contribution in [0, 0.1) is 0 Å². The Hall–Kier alpha value is -3.18. The van der Waals surface area contributed by atoms with Crippen molar-refractivity contribution >= 4 is 5.97 Å². The third kappa shape index (κ3) is 4.56. The van der Waals surface area contributed by atoms with Crippen LogP contribution in [0.2, 0.25) is 0 Å². The summed E-state index contributed by atoms with van der Waals surface area (Å²) in [5.41, 5.74) is 3.49. The molecule has 1 fully saturated rings. The fraction of sp³-hybridized carbons (Fsp3) is 0.217. The van der Waals surface area contributed by atoms with Gasteiger partial charge >= 0.3 is 5.97 Å². The monoisotopic (exact) mass is 375 g/mol. The molecule has 4 rings (SSSR count). The summed E-state index contributed by atoms with van der Waals surface area (Å²) in [4.78, 5) is 16.5. The Morgan fingerprint density at radius 2 is 1.64 bits per heavy atom. The summed E-state index contributed by atoms with van der Waals surface area (Å²) in [6.07, 6.45) is 0. The SMILES string of the molecule is O=C(OCc1ccccc1)c1cccc(OCc2ccc(C3COC3)cc2)n1. The summed E-state index contributed by atoms with van der Waals surface area (Å²) in [7, 11) is 0. The van der Waals surface area contributed by atoms with E-state index in [0.717, 1.165) is 24.3 Å². The minimum absolute atomic E-state index is 0.213. The maximum Gasteiger partial charge on any atom is 0.357 e.